The molecule has 0 amide bonds. The highest BCUT2D eigenvalue weighted by molar-refractivity contribution is 5.55. The Hall–Kier alpha value is -1.06. The Kier molecular flexibility index (Phi) is 5.28. The maximum absolute atomic E-state index is 3.55. The van der Waals surface area contributed by atoms with Crippen LogP contribution in [0.2, 0.25) is 0 Å². The maximum atomic E-state index is 3.55. The van der Waals surface area contributed by atoms with E-state index >= 15 is 0 Å². The van der Waals surface area contributed by atoms with Crippen LogP contribution >= 0.6 is 0 Å². The van der Waals surface area contributed by atoms with Crippen LogP contribution < -0.4 is 10.2 Å². The minimum Gasteiger partial charge on any atom is -0.368 e. The smallest absolute Gasteiger partial charge is 0.0413 e. The molecule has 0 aromatic heterocycles. The molecule has 3 heteroatoms. The summed E-state index contributed by atoms with van der Waals surface area (Å²) in [5, 5.41) is 3.55. The van der Waals surface area contributed by atoms with Gasteiger partial charge in [-0.15, -0.1) is 0 Å². The fraction of sp³-hybridized carbons (Fsp3) is 0.667. The van der Waals surface area contributed by atoms with Gasteiger partial charge in [-0.2, -0.15) is 0 Å². The zero-order chi connectivity index (χ0) is 15.5. The van der Waals surface area contributed by atoms with Crippen LogP contribution in [0, 0.1) is 6.92 Å². The van der Waals surface area contributed by atoms with E-state index < -0.39 is 0 Å². The Balaban J connectivity index is 2.18. The van der Waals surface area contributed by atoms with Crippen LogP contribution in [-0.2, 0) is 6.54 Å². The number of nitrogens with one attached hydrogen (secondary N) is 1. The Morgan fingerprint density at radius 1 is 1.24 bits per heavy atom. The number of rotatable bonds is 5. The number of benzene rings is 1. The Morgan fingerprint density at radius 2 is 2.00 bits per heavy atom. The summed E-state index contributed by atoms with van der Waals surface area (Å²) < 4.78 is 0. The molecule has 3 nitrogen and oxygen atoms in total. The topological polar surface area (TPSA) is 18.5 Å². The standard InChI is InChI=1S/C18H31N3/c1-6-9-19-13-16-12-15(2)7-8-17(16)21-11-10-20(5)18(3,4)14-21/h7-8,12,19H,6,9-11,13-14H2,1-5H3. The third kappa shape index (κ3) is 3.98. The molecule has 1 aliphatic heterocycles. The molecule has 0 aliphatic carbocycles. The molecule has 1 aromatic carbocycles. The van der Waals surface area contributed by atoms with E-state index in [2.05, 4.69) is 68.1 Å². The molecule has 118 valence electrons. The summed E-state index contributed by atoms with van der Waals surface area (Å²) in [4.78, 5) is 5.02. The van der Waals surface area contributed by atoms with E-state index in [1.54, 1.807) is 0 Å². The molecule has 1 aliphatic rings. The molecule has 1 N–H and O–H groups in total. The summed E-state index contributed by atoms with van der Waals surface area (Å²) >= 11 is 0. The number of aryl methyl sites for hydroxylation is 1. The number of hydrogen-bond donors (Lipinski definition) is 1. The number of likely N-dealkylation sites (N-methyl/N-ethyl adjacent to an activating group) is 1. The molecule has 1 heterocycles. The normalized spacial score (nSPS) is 19.0. The molecule has 0 bridgehead atoms. The number of hydrogen-bond acceptors (Lipinski definition) is 3. The van der Waals surface area contributed by atoms with Crippen LogP contribution in [0.5, 0.6) is 0 Å². The van der Waals surface area contributed by atoms with Crippen LogP contribution in [0.3, 0.4) is 0 Å². The van der Waals surface area contributed by atoms with Gasteiger partial charge in [-0.3, -0.25) is 4.90 Å². The van der Waals surface area contributed by atoms with Crippen molar-refractivity contribution in [3.05, 3.63) is 29.3 Å². The second kappa shape index (κ2) is 6.80. The van der Waals surface area contributed by atoms with Crippen LogP contribution in [-0.4, -0.2) is 43.7 Å². The van der Waals surface area contributed by atoms with Gasteiger partial charge in [0, 0.05) is 37.4 Å². The van der Waals surface area contributed by atoms with E-state index in [1.165, 1.54) is 23.2 Å². The second-order valence-corrected chi connectivity index (χ2v) is 6.96. The van der Waals surface area contributed by atoms with Gasteiger partial charge in [0.05, 0.1) is 0 Å². The molecular formula is C18H31N3. The van der Waals surface area contributed by atoms with Crippen molar-refractivity contribution in [1.82, 2.24) is 10.2 Å². The minimum absolute atomic E-state index is 0.233. The van der Waals surface area contributed by atoms with E-state index in [1.807, 2.05) is 0 Å². The van der Waals surface area contributed by atoms with Gasteiger partial charge < -0.3 is 10.2 Å². The first-order valence-electron chi connectivity index (χ1n) is 8.20. The largest absolute Gasteiger partial charge is 0.368 e. The lowest BCUT2D eigenvalue weighted by Crippen LogP contribution is -2.57. The molecule has 0 unspecified atom stereocenters. The summed E-state index contributed by atoms with van der Waals surface area (Å²) in [6.45, 7) is 14.5. The molecular weight excluding hydrogens is 258 g/mol. The van der Waals surface area contributed by atoms with E-state index in [4.69, 9.17) is 0 Å². The van der Waals surface area contributed by atoms with Crippen molar-refractivity contribution in [2.24, 2.45) is 0 Å². The lowest BCUT2D eigenvalue weighted by molar-refractivity contribution is 0.139. The maximum Gasteiger partial charge on any atom is 0.0413 e. The summed E-state index contributed by atoms with van der Waals surface area (Å²) in [6.07, 6.45) is 1.18. The van der Waals surface area contributed by atoms with Gasteiger partial charge in [0.1, 0.15) is 0 Å². The van der Waals surface area contributed by atoms with E-state index in [0.717, 1.165) is 32.7 Å². The van der Waals surface area contributed by atoms with Crippen LogP contribution in [0.15, 0.2) is 18.2 Å². The number of nitrogens with zero attached hydrogens (tertiary/aromatic N) is 2. The Labute approximate surface area is 130 Å². The average molecular weight is 289 g/mol. The van der Waals surface area contributed by atoms with Crippen molar-refractivity contribution in [3.63, 3.8) is 0 Å². The van der Waals surface area contributed by atoms with Gasteiger partial charge in [-0.1, -0.05) is 24.6 Å². The highest BCUT2D eigenvalue weighted by Gasteiger charge is 2.31. The Bertz CT molecular complexity index is 468. The van der Waals surface area contributed by atoms with Crippen LogP contribution in [0.25, 0.3) is 0 Å². The van der Waals surface area contributed by atoms with Gasteiger partial charge in [0.25, 0.3) is 0 Å². The van der Waals surface area contributed by atoms with Crippen LogP contribution in [0.1, 0.15) is 38.3 Å². The number of anilines is 1. The fourth-order valence-electron chi connectivity index (χ4n) is 3.01. The van der Waals surface area contributed by atoms with Crippen molar-refractivity contribution < 1.29 is 0 Å². The third-order valence-corrected chi connectivity index (χ3v) is 4.63. The summed E-state index contributed by atoms with van der Waals surface area (Å²) in [5.74, 6) is 0. The SMILES string of the molecule is CCCNCc1cc(C)ccc1N1CCN(C)C(C)(C)C1. The molecule has 0 spiro atoms. The van der Waals surface area contributed by atoms with Gasteiger partial charge in [0.2, 0.25) is 0 Å². The zero-order valence-electron chi connectivity index (χ0n) is 14.4. The fourth-order valence-corrected chi connectivity index (χ4v) is 3.01. The first kappa shape index (κ1) is 16.3. The highest BCUT2D eigenvalue weighted by atomic mass is 15.3. The summed E-state index contributed by atoms with van der Waals surface area (Å²) in [5.41, 5.74) is 4.42. The van der Waals surface area contributed by atoms with Crippen molar-refractivity contribution in [2.75, 3.05) is 38.1 Å². The van der Waals surface area contributed by atoms with Crippen molar-refractivity contribution in [2.45, 2.75) is 46.2 Å². The van der Waals surface area contributed by atoms with E-state index in [-0.39, 0.29) is 5.54 Å². The molecule has 1 saturated heterocycles. The van der Waals surface area contributed by atoms with Gasteiger partial charge in [-0.25, -0.2) is 0 Å². The molecule has 0 atom stereocenters. The highest BCUT2D eigenvalue weighted by Crippen LogP contribution is 2.28. The molecule has 21 heavy (non-hydrogen) atoms. The zero-order valence-corrected chi connectivity index (χ0v) is 14.4. The first-order chi connectivity index (χ1) is 9.94. The minimum atomic E-state index is 0.233. The van der Waals surface area contributed by atoms with Crippen LogP contribution in [0.4, 0.5) is 5.69 Å². The lowest BCUT2D eigenvalue weighted by atomic mass is 9.98. The van der Waals surface area contributed by atoms with E-state index in [9.17, 15) is 0 Å². The van der Waals surface area contributed by atoms with Crippen molar-refractivity contribution >= 4 is 5.69 Å². The van der Waals surface area contributed by atoms with E-state index in [0.29, 0.717) is 0 Å². The van der Waals surface area contributed by atoms with Gasteiger partial charge in [0.15, 0.2) is 0 Å². The van der Waals surface area contributed by atoms with Crippen molar-refractivity contribution in [3.8, 4) is 0 Å². The predicted octanol–water partition coefficient (Wildman–Crippen LogP) is 3.03. The van der Waals surface area contributed by atoms with Gasteiger partial charge >= 0.3 is 0 Å². The molecule has 1 fully saturated rings. The molecule has 2 rings (SSSR count). The second-order valence-electron chi connectivity index (χ2n) is 6.96. The molecule has 0 saturated carbocycles. The average Bonchev–Trinajstić information content (AvgIpc) is 2.42. The molecule has 1 aromatic rings. The van der Waals surface area contributed by atoms with Crippen molar-refractivity contribution in [1.29, 1.82) is 0 Å². The third-order valence-electron chi connectivity index (χ3n) is 4.63. The quantitative estimate of drug-likeness (QED) is 0.841. The monoisotopic (exact) mass is 289 g/mol. The Morgan fingerprint density at radius 3 is 2.67 bits per heavy atom. The predicted molar refractivity (Wildman–Crippen MR) is 92.1 cm³/mol. The molecule has 0 radical (unpaired) electrons. The first-order valence-corrected chi connectivity index (χ1v) is 8.20. The van der Waals surface area contributed by atoms with Gasteiger partial charge in [-0.05, 0) is 52.4 Å². The summed E-state index contributed by atoms with van der Waals surface area (Å²) in [6, 6.07) is 6.88. The lowest BCUT2D eigenvalue weighted by Gasteiger charge is -2.46. The summed E-state index contributed by atoms with van der Waals surface area (Å²) in [7, 11) is 2.23. The number of piperazine rings is 1.